The van der Waals surface area contributed by atoms with Crippen molar-refractivity contribution in [1.29, 1.82) is 0 Å². The maximum atomic E-state index is 13.2. The average molecular weight is 238 g/mol. The molecular weight excluding hydrogens is 219 g/mol. The fraction of sp³-hybridized carbons (Fsp3) is 0.538. The second-order valence-electron chi connectivity index (χ2n) is 4.52. The number of aliphatic hydroxyl groups excluding tert-OH is 1. The third-order valence-electron chi connectivity index (χ3n) is 3.21. The Labute approximate surface area is 101 Å². The van der Waals surface area contributed by atoms with Crippen LogP contribution in [0.1, 0.15) is 18.4 Å². The number of anilines is 1. The molecule has 17 heavy (non-hydrogen) atoms. The highest BCUT2D eigenvalue weighted by Gasteiger charge is 2.19. The van der Waals surface area contributed by atoms with E-state index in [4.69, 9.17) is 0 Å². The molecule has 3 nitrogen and oxygen atoms in total. The van der Waals surface area contributed by atoms with Gasteiger partial charge in [0.2, 0.25) is 0 Å². The summed E-state index contributed by atoms with van der Waals surface area (Å²) in [6.07, 6.45) is 1.40. The van der Waals surface area contributed by atoms with Gasteiger partial charge in [-0.3, -0.25) is 0 Å². The van der Waals surface area contributed by atoms with Crippen molar-refractivity contribution in [3.05, 3.63) is 29.6 Å². The third-order valence-corrected chi connectivity index (χ3v) is 3.21. The van der Waals surface area contributed by atoms with Crippen LogP contribution < -0.4 is 10.2 Å². The highest BCUT2D eigenvalue weighted by molar-refractivity contribution is 5.54. The summed E-state index contributed by atoms with van der Waals surface area (Å²) in [5.74, 6) is -0.198. The van der Waals surface area contributed by atoms with Gasteiger partial charge >= 0.3 is 0 Å². The summed E-state index contributed by atoms with van der Waals surface area (Å²) >= 11 is 0. The lowest BCUT2D eigenvalue weighted by Gasteiger charge is -2.33. The summed E-state index contributed by atoms with van der Waals surface area (Å²) < 4.78 is 13.2. The van der Waals surface area contributed by atoms with Gasteiger partial charge in [0.25, 0.3) is 0 Å². The number of piperidine rings is 1. The Morgan fingerprint density at radius 3 is 2.76 bits per heavy atom. The molecule has 0 amide bonds. The summed E-state index contributed by atoms with van der Waals surface area (Å²) in [7, 11) is 1.86. The lowest BCUT2D eigenvalue weighted by atomic mass is 10.0. The Bertz CT molecular complexity index is 376. The van der Waals surface area contributed by atoms with Crippen LogP contribution in [0.4, 0.5) is 10.1 Å². The van der Waals surface area contributed by atoms with Crippen LogP contribution in [-0.4, -0.2) is 31.3 Å². The molecule has 1 fully saturated rings. The van der Waals surface area contributed by atoms with E-state index in [9.17, 15) is 9.50 Å². The van der Waals surface area contributed by atoms with Crippen LogP contribution in [0.5, 0.6) is 0 Å². The number of hydrogen-bond donors (Lipinski definition) is 2. The highest BCUT2D eigenvalue weighted by atomic mass is 19.1. The molecule has 1 aromatic rings. The van der Waals surface area contributed by atoms with Crippen LogP contribution in [0.3, 0.4) is 0 Å². The summed E-state index contributed by atoms with van der Waals surface area (Å²) in [5.41, 5.74) is 2.05. The molecule has 2 rings (SSSR count). The van der Waals surface area contributed by atoms with Gasteiger partial charge in [-0.2, -0.15) is 0 Å². The van der Waals surface area contributed by atoms with Gasteiger partial charge < -0.3 is 15.3 Å². The molecule has 0 atom stereocenters. The maximum absolute atomic E-state index is 13.2. The first kappa shape index (κ1) is 12.3. The fourth-order valence-corrected chi connectivity index (χ4v) is 2.30. The second kappa shape index (κ2) is 5.47. The number of halogens is 1. The minimum Gasteiger partial charge on any atom is -0.393 e. The Hall–Kier alpha value is -1.13. The highest BCUT2D eigenvalue weighted by Crippen LogP contribution is 2.25. The molecule has 1 aliphatic heterocycles. The number of nitrogens with one attached hydrogen (secondary N) is 1. The zero-order valence-electron chi connectivity index (χ0n) is 10.1. The molecule has 0 spiro atoms. The molecule has 0 bridgehead atoms. The smallest absolute Gasteiger partial charge is 0.123 e. The second-order valence-corrected chi connectivity index (χ2v) is 4.52. The van der Waals surface area contributed by atoms with E-state index in [1.165, 1.54) is 6.07 Å². The Kier molecular flexibility index (Phi) is 3.97. The van der Waals surface area contributed by atoms with Gasteiger partial charge in [-0.1, -0.05) is 0 Å². The van der Waals surface area contributed by atoms with Gasteiger partial charge in [0.15, 0.2) is 0 Å². The molecule has 0 saturated carbocycles. The summed E-state index contributed by atoms with van der Waals surface area (Å²) in [6, 6.07) is 4.91. The van der Waals surface area contributed by atoms with Crippen molar-refractivity contribution in [2.24, 2.45) is 0 Å². The largest absolute Gasteiger partial charge is 0.393 e. The summed E-state index contributed by atoms with van der Waals surface area (Å²) in [5, 5.41) is 12.5. The van der Waals surface area contributed by atoms with E-state index in [0.717, 1.165) is 37.2 Å². The molecule has 1 aliphatic rings. The minimum absolute atomic E-state index is 0.181. The number of rotatable bonds is 3. The standard InChI is InChI=1S/C13H19FN2O/c1-15-9-10-8-11(14)2-3-13(10)16-6-4-12(17)5-7-16/h2-3,8,12,15,17H,4-7,9H2,1H3. The van der Waals surface area contributed by atoms with Gasteiger partial charge in [-0.25, -0.2) is 4.39 Å². The molecule has 0 aromatic heterocycles. The Morgan fingerprint density at radius 2 is 2.12 bits per heavy atom. The van der Waals surface area contributed by atoms with Crippen molar-refractivity contribution >= 4 is 5.69 Å². The van der Waals surface area contributed by atoms with Gasteiger partial charge in [0.1, 0.15) is 5.82 Å². The molecule has 2 N–H and O–H groups in total. The molecule has 0 aliphatic carbocycles. The predicted molar refractivity (Wildman–Crippen MR) is 66.6 cm³/mol. The van der Waals surface area contributed by atoms with E-state index in [-0.39, 0.29) is 11.9 Å². The van der Waals surface area contributed by atoms with Crippen LogP contribution in [0.15, 0.2) is 18.2 Å². The Balaban J connectivity index is 2.18. The third kappa shape index (κ3) is 2.96. The first-order valence-corrected chi connectivity index (χ1v) is 6.06. The summed E-state index contributed by atoms with van der Waals surface area (Å²) in [6.45, 7) is 2.33. The van der Waals surface area contributed by atoms with Crippen LogP contribution in [0.25, 0.3) is 0 Å². The number of hydrogen-bond acceptors (Lipinski definition) is 3. The monoisotopic (exact) mass is 238 g/mol. The fourth-order valence-electron chi connectivity index (χ4n) is 2.30. The predicted octanol–water partition coefficient (Wildman–Crippen LogP) is 1.51. The number of aliphatic hydroxyl groups is 1. The van der Waals surface area contributed by atoms with Crippen molar-refractivity contribution in [2.45, 2.75) is 25.5 Å². The zero-order valence-corrected chi connectivity index (χ0v) is 10.1. The minimum atomic E-state index is -0.198. The van der Waals surface area contributed by atoms with Gasteiger partial charge in [-0.15, -0.1) is 0 Å². The quantitative estimate of drug-likeness (QED) is 0.838. The lowest BCUT2D eigenvalue weighted by molar-refractivity contribution is 0.145. The SMILES string of the molecule is CNCc1cc(F)ccc1N1CCC(O)CC1. The number of nitrogens with zero attached hydrogens (tertiary/aromatic N) is 1. The van der Waals surface area contributed by atoms with Gasteiger partial charge in [-0.05, 0) is 43.7 Å². The molecule has 94 valence electrons. The van der Waals surface area contributed by atoms with Crippen molar-refractivity contribution in [1.82, 2.24) is 5.32 Å². The van der Waals surface area contributed by atoms with Crippen molar-refractivity contribution in [3.8, 4) is 0 Å². The van der Waals surface area contributed by atoms with E-state index in [2.05, 4.69) is 10.2 Å². The van der Waals surface area contributed by atoms with Crippen LogP contribution in [-0.2, 0) is 6.54 Å². The van der Waals surface area contributed by atoms with Crippen LogP contribution in [0.2, 0.25) is 0 Å². The lowest BCUT2D eigenvalue weighted by Crippen LogP contribution is -2.36. The first-order chi connectivity index (χ1) is 8.20. The van der Waals surface area contributed by atoms with Crippen LogP contribution >= 0.6 is 0 Å². The first-order valence-electron chi connectivity index (χ1n) is 6.06. The normalized spacial score (nSPS) is 17.5. The van der Waals surface area contributed by atoms with E-state index in [1.807, 2.05) is 13.1 Å². The molecule has 1 heterocycles. The average Bonchev–Trinajstić information content (AvgIpc) is 2.31. The zero-order chi connectivity index (χ0) is 12.3. The van der Waals surface area contributed by atoms with Gasteiger partial charge in [0, 0.05) is 25.3 Å². The molecule has 1 saturated heterocycles. The van der Waals surface area contributed by atoms with Crippen LogP contribution in [0, 0.1) is 5.82 Å². The summed E-state index contributed by atoms with van der Waals surface area (Å²) in [4.78, 5) is 2.22. The van der Waals surface area contributed by atoms with Crippen molar-refractivity contribution in [2.75, 3.05) is 25.0 Å². The van der Waals surface area contributed by atoms with E-state index < -0.39 is 0 Å². The van der Waals surface area contributed by atoms with Crippen molar-refractivity contribution in [3.63, 3.8) is 0 Å². The topological polar surface area (TPSA) is 35.5 Å². The van der Waals surface area contributed by atoms with E-state index in [0.29, 0.717) is 6.54 Å². The Morgan fingerprint density at radius 1 is 1.41 bits per heavy atom. The number of benzene rings is 1. The molecule has 1 aromatic carbocycles. The molecule has 4 heteroatoms. The van der Waals surface area contributed by atoms with E-state index >= 15 is 0 Å². The van der Waals surface area contributed by atoms with Crippen molar-refractivity contribution < 1.29 is 9.50 Å². The maximum Gasteiger partial charge on any atom is 0.123 e. The molecule has 0 unspecified atom stereocenters. The molecular formula is C13H19FN2O. The van der Waals surface area contributed by atoms with E-state index in [1.54, 1.807) is 6.07 Å². The van der Waals surface area contributed by atoms with Gasteiger partial charge in [0.05, 0.1) is 6.10 Å². The molecule has 0 radical (unpaired) electrons.